The maximum atomic E-state index is 12.4. The van der Waals surface area contributed by atoms with Crippen molar-refractivity contribution in [3.8, 4) is 11.5 Å². The molecule has 4 rings (SSSR count). The zero-order chi connectivity index (χ0) is 19.5. The molecule has 0 bridgehead atoms. The monoisotopic (exact) mass is 381 g/mol. The summed E-state index contributed by atoms with van der Waals surface area (Å²) in [6.45, 7) is 3.38. The number of nitrogens with one attached hydrogen (secondary N) is 2. The second-order valence-corrected chi connectivity index (χ2v) is 7.02. The Kier molecular flexibility index (Phi) is 5.06. The fourth-order valence-electron chi connectivity index (χ4n) is 3.59. The van der Waals surface area contributed by atoms with Gasteiger partial charge in [-0.05, 0) is 37.1 Å². The van der Waals surface area contributed by atoms with Crippen LogP contribution < -0.4 is 25.0 Å². The van der Waals surface area contributed by atoms with E-state index in [1.807, 2.05) is 23.1 Å². The molecule has 28 heavy (non-hydrogen) atoms. The molecule has 1 unspecified atom stereocenters. The van der Waals surface area contributed by atoms with E-state index in [1.165, 1.54) is 5.56 Å². The van der Waals surface area contributed by atoms with Crippen LogP contribution in [-0.2, 0) is 11.2 Å². The first-order valence-corrected chi connectivity index (χ1v) is 9.45. The Morgan fingerprint density at radius 3 is 2.75 bits per heavy atom. The molecule has 0 radical (unpaired) electrons. The van der Waals surface area contributed by atoms with E-state index in [-0.39, 0.29) is 18.5 Å². The fraction of sp³-hybridized carbons (Fsp3) is 0.333. The lowest BCUT2D eigenvalue weighted by molar-refractivity contribution is -0.118. The van der Waals surface area contributed by atoms with Gasteiger partial charge in [-0.1, -0.05) is 18.2 Å². The molecule has 2 heterocycles. The average molecular weight is 381 g/mol. The van der Waals surface area contributed by atoms with Crippen LogP contribution >= 0.6 is 0 Å². The number of hydrogen-bond acceptors (Lipinski definition) is 5. The molecule has 0 saturated heterocycles. The summed E-state index contributed by atoms with van der Waals surface area (Å²) in [4.78, 5) is 26.6. The first-order valence-electron chi connectivity index (χ1n) is 9.45. The second kappa shape index (κ2) is 7.80. The topological polar surface area (TPSA) is 79.9 Å². The number of para-hydroxylation sites is 1. The molecule has 146 valence electrons. The van der Waals surface area contributed by atoms with Gasteiger partial charge in [0, 0.05) is 29.9 Å². The van der Waals surface area contributed by atoms with Crippen LogP contribution in [0.2, 0.25) is 0 Å². The molecular formula is C21H23N3O4. The van der Waals surface area contributed by atoms with E-state index in [1.54, 1.807) is 18.2 Å². The third kappa shape index (κ3) is 3.88. The summed E-state index contributed by atoms with van der Waals surface area (Å²) < 4.78 is 11.2. The number of carbonyl (C=O) groups excluding carboxylic acids is 2. The lowest BCUT2D eigenvalue weighted by Gasteiger charge is -2.24. The third-order valence-electron chi connectivity index (χ3n) is 4.92. The Morgan fingerprint density at radius 2 is 1.89 bits per heavy atom. The molecule has 0 aromatic heterocycles. The van der Waals surface area contributed by atoms with E-state index in [0.717, 1.165) is 18.5 Å². The van der Waals surface area contributed by atoms with Crippen molar-refractivity contribution in [1.29, 1.82) is 0 Å². The first kappa shape index (κ1) is 18.2. The standard InChI is InChI=1S/C21H23N3O4/c1-14-11-15-5-2-3-6-17(15)24(14)13-20(25)23-21(26)22-16-7-8-18-19(12-16)28-10-4-9-27-18/h2-3,5-8,12,14H,4,9-11,13H2,1H3,(H2,22,23,25,26). The zero-order valence-electron chi connectivity index (χ0n) is 15.7. The van der Waals surface area contributed by atoms with Gasteiger partial charge in [-0.2, -0.15) is 0 Å². The second-order valence-electron chi connectivity index (χ2n) is 7.02. The molecule has 7 heteroatoms. The van der Waals surface area contributed by atoms with Crippen LogP contribution in [0.25, 0.3) is 0 Å². The highest BCUT2D eigenvalue weighted by Crippen LogP contribution is 2.32. The number of ether oxygens (including phenoxy) is 2. The molecule has 0 spiro atoms. The Bertz CT molecular complexity index is 899. The number of nitrogens with zero attached hydrogens (tertiary/aromatic N) is 1. The van der Waals surface area contributed by atoms with Crippen LogP contribution in [0.4, 0.5) is 16.2 Å². The van der Waals surface area contributed by atoms with Gasteiger partial charge in [0.2, 0.25) is 5.91 Å². The van der Waals surface area contributed by atoms with Gasteiger partial charge in [-0.25, -0.2) is 4.79 Å². The minimum Gasteiger partial charge on any atom is -0.490 e. The van der Waals surface area contributed by atoms with Crippen LogP contribution in [-0.4, -0.2) is 37.7 Å². The van der Waals surface area contributed by atoms with E-state index in [9.17, 15) is 9.59 Å². The minimum atomic E-state index is -0.570. The van der Waals surface area contributed by atoms with Crippen molar-refractivity contribution < 1.29 is 19.1 Å². The summed E-state index contributed by atoms with van der Waals surface area (Å²) in [5.41, 5.74) is 2.81. The quantitative estimate of drug-likeness (QED) is 0.855. The summed E-state index contributed by atoms with van der Waals surface area (Å²) in [7, 11) is 0. The number of amides is 3. The van der Waals surface area contributed by atoms with Crippen molar-refractivity contribution in [1.82, 2.24) is 5.32 Å². The predicted octanol–water partition coefficient (Wildman–Crippen LogP) is 2.95. The SMILES string of the molecule is CC1Cc2ccccc2N1CC(=O)NC(=O)Nc1ccc2c(c1)OCCCO2. The smallest absolute Gasteiger partial charge is 0.325 e. The van der Waals surface area contributed by atoms with E-state index in [2.05, 4.69) is 23.6 Å². The molecule has 0 aliphatic carbocycles. The number of carbonyl (C=O) groups is 2. The van der Waals surface area contributed by atoms with Crippen molar-refractivity contribution in [3.63, 3.8) is 0 Å². The molecule has 2 N–H and O–H groups in total. The Labute approximate surface area is 163 Å². The van der Waals surface area contributed by atoms with Gasteiger partial charge in [0.05, 0.1) is 19.8 Å². The molecular weight excluding hydrogens is 358 g/mol. The van der Waals surface area contributed by atoms with Gasteiger partial charge in [0.25, 0.3) is 0 Å². The van der Waals surface area contributed by atoms with Crippen LogP contribution in [0, 0.1) is 0 Å². The molecule has 1 atom stereocenters. The van der Waals surface area contributed by atoms with Crippen LogP contribution in [0.5, 0.6) is 11.5 Å². The van der Waals surface area contributed by atoms with E-state index >= 15 is 0 Å². The summed E-state index contributed by atoms with van der Waals surface area (Å²) in [5, 5.41) is 5.07. The Hall–Kier alpha value is -3.22. The number of benzene rings is 2. The number of anilines is 2. The molecule has 2 aromatic rings. The number of urea groups is 1. The van der Waals surface area contributed by atoms with Crippen LogP contribution in [0.15, 0.2) is 42.5 Å². The maximum Gasteiger partial charge on any atom is 0.325 e. The molecule has 3 amide bonds. The zero-order valence-corrected chi connectivity index (χ0v) is 15.7. The molecule has 2 aromatic carbocycles. The molecule has 7 nitrogen and oxygen atoms in total. The van der Waals surface area contributed by atoms with Crippen molar-refractivity contribution in [2.24, 2.45) is 0 Å². The Morgan fingerprint density at radius 1 is 1.11 bits per heavy atom. The van der Waals surface area contributed by atoms with Gasteiger partial charge in [-0.15, -0.1) is 0 Å². The van der Waals surface area contributed by atoms with Crippen molar-refractivity contribution in [2.45, 2.75) is 25.8 Å². The van der Waals surface area contributed by atoms with E-state index in [0.29, 0.717) is 30.4 Å². The normalized spacial score (nSPS) is 17.5. The maximum absolute atomic E-state index is 12.4. The highest BCUT2D eigenvalue weighted by Gasteiger charge is 2.27. The van der Waals surface area contributed by atoms with Gasteiger partial charge in [0.1, 0.15) is 0 Å². The summed E-state index contributed by atoms with van der Waals surface area (Å²) in [6.07, 6.45) is 1.71. The van der Waals surface area contributed by atoms with Crippen LogP contribution in [0.3, 0.4) is 0 Å². The number of fused-ring (bicyclic) bond motifs is 2. The van der Waals surface area contributed by atoms with Gasteiger partial charge in [-0.3, -0.25) is 10.1 Å². The number of rotatable bonds is 3. The van der Waals surface area contributed by atoms with E-state index in [4.69, 9.17) is 9.47 Å². The van der Waals surface area contributed by atoms with E-state index < -0.39 is 6.03 Å². The summed E-state index contributed by atoms with van der Waals surface area (Å²) in [5.74, 6) is 0.890. The molecule has 2 aliphatic heterocycles. The van der Waals surface area contributed by atoms with Crippen molar-refractivity contribution >= 4 is 23.3 Å². The molecule has 0 saturated carbocycles. The highest BCUT2D eigenvalue weighted by molar-refractivity contribution is 6.02. The summed E-state index contributed by atoms with van der Waals surface area (Å²) in [6, 6.07) is 12.8. The lowest BCUT2D eigenvalue weighted by Crippen LogP contribution is -2.43. The third-order valence-corrected chi connectivity index (χ3v) is 4.92. The average Bonchev–Trinajstić information content (AvgIpc) is 2.83. The largest absolute Gasteiger partial charge is 0.490 e. The number of hydrogen-bond donors (Lipinski definition) is 2. The number of imide groups is 1. The van der Waals surface area contributed by atoms with Gasteiger partial charge in [0.15, 0.2) is 11.5 Å². The predicted molar refractivity (Wildman–Crippen MR) is 106 cm³/mol. The van der Waals surface area contributed by atoms with Crippen molar-refractivity contribution in [2.75, 3.05) is 30.0 Å². The van der Waals surface area contributed by atoms with Gasteiger partial charge >= 0.3 is 6.03 Å². The molecule has 0 fully saturated rings. The minimum absolute atomic E-state index is 0.132. The molecule has 2 aliphatic rings. The lowest BCUT2D eigenvalue weighted by atomic mass is 10.1. The van der Waals surface area contributed by atoms with Crippen molar-refractivity contribution in [3.05, 3.63) is 48.0 Å². The fourth-order valence-corrected chi connectivity index (χ4v) is 3.59. The van der Waals surface area contributed by atoms with Gasteiger partial charge < -0.3 is 19.7 Å². The Balaban J connectivity index is 1.35. The first-order chi connectivity index (χ1) is 13.6. The summed E-state index contributed by atoms with van der Waals surface area (Å²) >= 11 is 0. The highest BCUT2D eigenvalue weighted by atomic mass is 16.5. The van der Waals surface area contributed by atoms with Crippen LogP contribution in [0.1, 0.15) is 18.9 Å².